The van der Waals surface area contributed by atoms with Crippen molar-refractivity contribution in [2.24, 2.45) is 0 Å². The van der Waals surface area contributed by atoms with Gasteiger partial charge in [0, 0.05) is 13.1 Å². The lowest BCUT2D eigenvalue weighted by atomic mass is 10.1. The molecule has 3 aromatic carbocycles. The third-order valence-corrected chi connectivity index (χ3v) is 6.09. The van der Waals surface area contributed by atoms with E-state index in [1.165, 1.54) is 12.3 Å². The predicted octanol–water partition coefficient (Wildman–Crippen LogP) is 6.79. The van der Waals surface area contributed by atoms with E-state index in [0.29, 0.717) is 18.7 Å². The van der Waals surface area contributed by atoms with Crippen LogP contribution in [0.15, 0.2) is 89.5 Å². The average molecular weight is 538 g/mol. The van der Waals surface area contributed by atoms with Crippen LogP contribution in [0.2, 0.25) is 0 Å². The van der Waals surface area contributed by atoms with Gasteiger partial charge in [0.25, 0.3) is 5.91 Å². The van der Waals surface area contributed by atoms with Crippen LogP contribution < -0.4 is 10.1 Å². The summed E-state index contributed by atoms with van der Waals surface area (Å²) in [6, 6.07) is 22.1. The van der Waals surface area contributed by atoms with E-state index in [4.69, 9.17) is 9.15 Å². The molecule has 1 N–H and O–H groups in total. The van der Waals surface area contributed by atoms with Crippen molar-refractivity contribution >= 4 is 5.91 Å². The fourth-order valence-corrected chi connectivity index (χ4v) is 4.16. The van der Waals surface area contributed by atoms with Crippen molar-refractivity contribution in [3.63, 3.8) is 0 Å². The maximum Gasteiger partial charge on any atom is 0.416 e. The molecule has 0 aliphatic carbocycles. The molecule has 0 fully saturated rings. The zero-order chi connectivity index (χ0) is 27.8. The quantitative estimate of drug-likeness (QED) is 0.228. The lowest BCUT2D eigenvalue weighted by Gasteiger charge is -2.22. The summed E-state index contributed by atoms with van der Waals surface area (Å²) in [5, 5.41) is 2.90. The lowest BCUT2D eigenvalue weighted by molar-refractivity contribution is -0.137. The monoisotopic (exact) mass is 537 g/mol. The van der Waals surface area contributed by atoms with Gasteiger partial charge in [-0.25, -0.2) is 4.98 Å². The van der Waals surface area contributed by atoms with Gasteiger partial charge < -0.3 is 14.5 Å². The van der Waals surface area contributed by atoms with Gasteiger partial charge in [0.15, 0.2) is 5.69 Å². The normalized spacial score (nSPS) is 12.4. The van der Waals surface area contributed by atoms with Crippen LogP contribution in [-0.4, -0.2) is 22.4 Å². The SMILES string of the molecule is CCOc1ccc(CN(Cc2cccc(C(F)(F)F)c2)Cc2nc(C(=O)N[C@@H](C)c3ccccc3)co2)cc1. The van der Waals surface area contributed by atoms with E-state index in [9.17, 15) is 18.0 Å². The maximum absolute atomic E-state index is 13.3. The van der Waals surface area contributed by atoms with Crippen LogP contribution in [0.4, 0.5) is 13.2 Å². The van der Waals surface area contributed by atoms with E-state index in [1.54, 1.807) is 6.07 Å². The smallest absolute Gasteiger partial charge is 0.416 e. The summed E-state index contributed by atoms with van der Waals surface area (Å²) >= 11 is 0. The van der Waals surface area contributed by atoms with E-state index in [-0.39, 0.29) is 36.6 Å². The fraction of sp³-hybridized carbons (Fsp3) is 0.267. The Kier molecular flexibility index (Phi) is 9.03. The highest BCUT2D eigenvalue weighted by Gasteiger charge is 2.30. The molecule has 0 spiro atoms. The van der Waals surface area contributed by atoms with Gasteiger partial charge in [0.2, 0.25) is 5.89 Å². The Morgan fingerprint density at radius 2 is 1.69 bits per heavy atom. The number of amides is 1. The topological polar surface area (TPSA) is 67.6 Å². The standard InChI is InChI=1S/C30H30F3N3O3/c1-3-38-26-14-12-22(13-15-26)17-36(18-23-8-7-11-25(16-23)30(31,32)33)19-28-35-27(20-39-28)29(37)34-21(2)24-9-5-4-6-10-24/h4-16,20-21H,3,17-19H2,1-2H3,(H,34,37)/t21-/m0/s1. The van der Waals surface area contributed by atoms with Crippen molar-refractivity contribution in [2.45, 2.75) is 45.7 Å². The molecule has 0 unspecified atom stereocenters. The van der Waals surface area contributed by atoms with Crippen molar-refractivity contribution in [1.29, 1.82) is 0 Å². The van der Waals surface area contributed by atoms with E-state index >= 15 is 0 Å². The third-order valence-electron chi connectivity index (χ3n) is 6.09. The summed E-state index contributed by atoms with van der Waals surface area (Å²) in [5.74, 6) is 0.640. The number of oxazole rings is 1. The minimum Gasteiger partial charge on any atom is -0.494 e. The summed E-state index contributed by atoms with van der Waals surface area (Å²) in [5.41, 5.74) is 1.82. The predicted molar refractivity (Wildman–Crippen MR) is 141 cm³/mol. The van der Waals surface area contributed by atoms with Gasteiger partial charge in [-0.15, -0.1) is 0 Å². The van der Waals surface area contributed by atoms with Crippen LogP contribution in [0.3, 0.4) is 0 Å². The first-order valence-corrected chi connectivity index (χ1v) is 12.6. The second kappa shape index (κ2) is 12.6. The molecule has 0 aliphatic heterocycles. The Bertz CT molecular complexity index is 1360. The van der Waals surface area contributed by atoms with Crippen molar-refractivity contribution in [2.75, 3.05) is 6.61 Å². The Labute approximate surface area is 225 Å². The molecule has 1 aromatic heterocycles. The van der Waals surface area contributed by atoms with Gasteiger partial charge in [0.05, 0.1) is 24.8 Å². The molecule has 6 nitrogen and oxygen atoms in total. The first kappa shape index (κ1) is 27.9. The number of rotatable bonds is 11. The Morgan fingerprint density at radius 3 is 2.38 bits per heavy atom. The van der Waals surface area contributed by atoms with Gasteiger partial charge >= 0.3 is 6.18 Å². The van der Waals surface area contributed by atoms with Gasteiger partial charge in [-0.2, -0.15) is 13.2 Å². The number of alkyl halides is 3. The average Bonchev–Trinajstić information content (AvgIpc) is 3.39. The van der Waals surface area contributed by atoms with E-state index in [1.807, 2.05) is 73.3 Å². The van der Waals surface area contributed by atoms with Crippen LogP contribution >= 0.6 is 0 Å². The molecule has 0 saturated heterocycles. The second-order valence-corrected chi connectivity index (χ2v) is 9.15. The van der Waals surface area contributed by atoms with Crippen LogP contribution in [0.1, 0.15) is 58.5 Å². The largest absolute Gasteiger partial charge is 0.494 e. The molecular weight excluding hydrogens is 507 g/mol. The van der Waals surface area contributed by atoms with Crippen LogP contribution in [0.5, 0.6) is 5.75 Å². The van der Waals surface area contributed by atoms with Crippen molar-refractivity contribution in [1.82, 2.24) is 15.2 Å². The molecule has 204 valence electrons. The molecule has 0 bridgehead atoms. The minimum atomic E-state index is -4.43. The Hall–Kier alpha value is -4.11. The van der Waals surface area contributed by atoms with E-state index in [2.05, 4.69) is 10.3 Å². The highest BCUT2D eigenvalue weighted by atomic mass is 19.4. The minimum absolute atomic E-state index is 0.132. The number of nitrogens with one attached hydrogen (secondary N) is 1. The first-order chi connectivity index (χ1) is 18.7. The number of aromatic nitrogens is 1. The fourth-order valence-electron chi connectivity index (χ4n) is 4.16. The van der Waals surface area contributed by atoms with Crippen LogP contribution in [-0.2, 0) is 25.8 Å². The number of nitrogens with zero attached hydrogens (tertiary/aromatic N) is 2. The summed E-state index contributed by atoms with van der Waals surface area (Å²) in [4.78, 5) is 19.0. The molecule has 1 heterocycles. The summed E-state index contributed by atoms with van der Waals surface area (Å²) in [6.07, 6.45) is -3.14. The lowest BCUT2D eigenvalue weighted by Crippen LogP contribution is -2.27. The third kappa shape index (κ3) is 7.94. The molecule has 1 atom stereocenters. The highest BCUT2D eigenvalue weighted by Crippen LogP contribution is 2.30. The second-order valence-electron chi connectivity index (χ2n) is 9.15. The van der Waals surface area contributed by atoms with Crippen LogP contribution in [0, 0.1) is 0 Å². The number of hydrogen-bond acceptors (Lipinski definition) is 5. The van der Waals surface area contributed by atoms with Crippen molar-refractivity contribution in [3.05, 3.63) is 119 Å². The number of ether oxygens (including phenoxy) is 1. The summed E-state index contributed by atoms with van der Waals surface area (Å²) in [6.45, 7) is 5.14. The molecule has 0 saturated carbocycles. The maximum atomic E-state index is 13.3. The highest BCUT2D eigenvalue weighted by molar-refractivity contribution is 5.92. The molecule has 1 amide bonds. The zero-order valence-corrected chi connectivity index (χ0v) is 21.7. The number of carbonyl (C=O) groups excluding carboxylic acids is 1. The Morgan fingerprint density at radius 1 is 0.974 bits per heavy atom. The van der Waals surface area contributed by atoms with E-state index < -0.39 is 11.7 Å². The number of carbonyl (C=O) groups is 1. The molecule has 4 aromatic rings. The van der Waals surface area contributed by atoms with E-state index in [0.717, 1.165) is 29.0 Å². The molecule has 0 radical (unpaired) electrons. The van der Waals surface area contributed by atoms with Gasteiger partial charge in [0.1, 0.15) is 12.0 Å². The molecular formula is C30H30F3N3O3. The molecule has 39 heavy (non-hydrogen) atoms. The molecule has 0 aliphatic rings. The molecule has 4 rings (SSSR count). The number of benzene rings is 3. The zero-order valence-electron chi connectivity index (χ0n) is 21.7. The van der Waals surface area contributed by atoms with Gasteiger partial charge in [-0.1, -0.05) is 60.7 Å². The van der Waals surface area contributed by atoms with Gasteiger partial charge in [-0.05, 0) is 48.7 Å². The summed E-state index contributed by atoms with van der Waals surface area (Å²) < 4.78 is 51.0. The van der Waals surface area contributed by atoms with Crippen molar-refractivity contribution in [3.8, 4) is 5.75 Å². The number of halogens is 3. The molecule has 9 heteroatoms. The number of hydrogen-bond donors (Lipinski definition) is 1. The van der Waals surface area contributed by atoms with Gasteiger partial charge in [-0.3, -0.25) is 9.69 Å². The summed E-state index contributed by atoms with van der Waals surface area (Å²) in [7, 11) is 0. The van der Waals surface area contributed by atoms with Crippen molar-refractivity contribution < 1.29 is 27.1 Å². The Balaban J connectivity index is 1.50. The first-order valence-electron chi connectivity index (χ1n) is 12.6. The van der Waals surface area contributed by atoms with Crippen LogP contribution in [0.25, 0.3) is 0 Å².